The van der Waals surface area contributed by atoms with Crippen LogP contribution >= 0.6 is 0 Å². The van der Waals surface area contributed by atoms with Gasteiger partial charge in [0.25, 0.3) is 18.2 Å². The van der Waals surface area contributed by atoms with Crippen LogP contribution in [0.3, 0.4) is 0 Å². The van der Waals surface area contributed by atoms with Gasteiger partial charge in [-0.15, -0.1) is 0 Å². The number of benzene rings is 2. The summed E-state index contributed by atoms with van der Waals surface area (Å²) in [4.78, 5) is 74.0. The largest absolute Gasteiger partial charge is 0.381 e. The number of aryl methyl sites for hydroxylation is 1. The molecule has 69 heavy (non-hydrogen) atoms. The molecule has 2 fully saturated rings. The predicted molar refractivity (Wildman–Crippen MR) is 260 cm³/mol. The van der Waals surface area contributed by atoms with Crippen LogP contribution in [0, 0.1) is 0 Å². The number of piperazine rings is 1. The number of fused-ring (bicyclic) bond motifs is 4. The number of carbonyl (C=O) groups is 5. The molecule has 1 unspecified atom stereocenters. The number of amides is 3. The van der Waals surface area contributed by atoms with Gasteiger partial charge < -0.3 is 43.6 Å². The van der Waals surface area contributed by atoms with Crippen molar-refractivity contribution >= 4 is 58.8 Å². The standard InChI is InChI=1S/C47H52F2N10O5.C2H4O.C2H6/c1-50-45(61)39(6-4-20-60)58-46(62)33-8-7-31(24-36(33)47(58)63)54-16-18-55(19-17-54)42-27-51-26-41-32(9-15-56(41)42)34-23-29-5-3-13-57(40(29)25-35(34)43(48)49)44-37-28-53(2)14-10-38(37)59(52-44)30-11-21-64-22-12-30;1-2-3;1-2/h7-9,15,20,23-27,30,39,43H,3-6,10-14,16-19,21-22,28H2,1-2H3,(H,50,61);2H,1H3;1-2H3. The summed E-state index contributed by atoms with van der Waals surface area (Å²) in [5.41, 5.74) is 7.42. The van der Waals surface area contributed by atoms with Crippen LogP contribution in [0.4, 0.5) is 31.8 Å². The van der Waals surface area contributed by atoms with E-state index in [1.54, 1.807) is 30.6 Å². The Morgan fingerprint density at radius 1 is 0.899 bits per heavy atom. The molecule has 18 heteroatoms. The second kappa shape index (κ2) is 21.4. The summed E-state index contributed by atoms with van der Waals surface area (Å²) in [5, 5.41) is 7.79. The number of halogens is 2. The Balaban J connectivity index is 0.00000124. The van der Waals surface area contributed by atoms with Gasteiger partial charge in [0, 0.05) is 119 Å². The molecule has 5 aliphatic rings. The number of anilines is 4. The molecule has 0 spiro atoms. The third kappa shape index (κ3) is 9.35. The van der Waals surface area contributed by atoms with Crippen molar-refractivity contribution in [1.82, 2.24) is 34.3 Å². The van der Waals surface area contributed by atoms with Gasteiger partial charge in [-0.25, -0.2) is 8.78 Å². The van der Waals surface area contributed by atoms with Crippen molar-refractivity contribution < 1.29 is 37.5 Å². The van der Waals surface area contributed by atoms with Crippen molar-refractivity contribution in [3.8, 4) is 11.1 Å². The molecule has 1 atom stereocenters. The maximum Gasteiger partial charge on any atom is 0.264 e. The van der Waals surface area contributed by atoms with Crippen LogP contribution in [0.15, 0.2) is 55.0 Å². The van der Waals surface area contributed by atoms with Gasteiger partial charge in [-0.05, 0) is 93.6 Å². The number of likely N-dealkylation sites (N-methyl/N-ethyl adjacent to an activating group) is 2. The molecule has 3 amide bonds. The lowest BCUT2D eigenvalue weighted by Crippen LogP contribution is -2.48. The van der Waals surface area contributed by atoms with Gasteiger partial charge in [-0.1, -0.05) is 13.8 Å². The molecule has 2 aromatic carbocycles. The third-order valence-corrected chi connectivity index (χ3v) is 13.8. The van der Waals surface area contributed by atoms with Crippen molar-refractivity contribution in [3.05, 3.63) is 88.5 Å². The smallest absolute Gasteiger partial charge is 0.264 e. The molecule has 16 nitrogen and oxygen atoms in total. The van der Waals surface area contributed by atoms with Crippen LogP contribution in [0.25, 0.3) is 16.6 Å². The molecular formula is C51H62F2N10O6. The number of aldehydes is 2. The highest BCUT2D eigenvalue weighted by molar-refractivity contribution is 6.23. The minimum atomic E-state index is -2.71. The van der Waals surface area contributed by atoms with Crippen molar-refractivity contribution in [3.63, 3.8) is 0 Å². The van der Waals surface area contributed by atoms with Gasteiger partial charge in [0.15, 0.2) is 5.82 Å². The second-order valence-electron chi connectivity index (χ2n) is 17.7. The lowest BCUT2D eigenvalue weighted by atomic mass is 9.92. The molecule has 0 aliphatic carbocycles. The van der Waals surface area contributed by atoms with E-state index in [1.807, 2.05) is 42.6 Å². The zero-order valence-corrected chi connectivity index (χ0v) is 40.1. The molecule has 0 bridgehead atoms. The summed E-state index contributed by atoms with van der Waals surface area (Å²) in [7, 11) is 3.55. The van der Waals surface area contributed by atoms with E-state index in [9.17, 15) is 19.2 Å². The first kappa shape index (κ1) is 48.9. The van der Waals surface area contributed by atoms with E-state index in [2.05, 4.69) is 41.6 Å². The molecule has 3 aromatic heterocycles. The molecule has 8 heterocycles. The molecule has 0 radical (unpaired) electrons. The fourth-order valence-electron chi connectivity index (χ4n) is 10.5. The maximum atomic E-state index is 15.3. The lowest BCUT2D eigenvalue weighted by molar-refractivity contribution is -0.124. The Morgan fingerprint density at radius 2 is 1.62 bits per heavy atom. The van der Waals surface area contributed by atoms with Crippen LogP contribution in [0.5, 0.6) is 0 Å². The number of imide groups is 1. The molecule has 10 rings (SSSR count). The Hall–Kier alpha value is -6.53. The topological polar surface area (TPSA) is 158 Å². The van der Waals surface area contributed by atoms with E-state index in [-0.39, 0.29) is 35.6 Å². The molecule has 0 saturated carbocycles. The average molecular weight is 949 g/mol. The van der Waals surface area contributed by atoms with Gasteiger partial charge in [0.05, 0.1) is 35.1 Å². The number of alkyl halides is 2. The SMILES string of the molecule is CC.CC=O.CNC(=O)C(CCC=O)N1C(=O)c2ccc(N3CCN(c4cncc5c(-c6cc7c(cc6C(F)F)N(c6nn(C8CCOCC8)c8c6CN(C)CC8)CCC7)ccn45)CC3)cc2C1=O. The first-order valence-corrected chi connectivity index (χ1v) is 24.2. The van der Waals surface area contributed by atoms with Gasteiger partial charge in [-0.2, -0.15) is 5.10 Å². The monoisotopic (exact) mass is 948 g/mol. The fraction of sp³-hybridized carbons (Fsp3) is 0.471. The molecule has 366 valence electrons. The second-order valence-corrected chi connectivity index (χ2v) is 17.7. The minimum Gasteiger partial charge on any atom is -0.381 e. The Morgan fingerprint density at radius 3 is 2.33 bits per heavy atom. The normalized spacial score (nSPS) is 17.7. The summed E-state index contributed by atoms with van der Waals surface area (Å²) in [6.45, 7) is 11.7. The zero-order valence-electron chi connectivity index (χ0n) is 40.1. The summed E-state index contributed by atoms with van der Waals surface area (Å²) < 4.78 is 40.6. The van der Waals surface area contributed by atoms with Crippen molar-refractivity contribution in [1.29, 1.82) is 0 Å². The highest BCUT2D eigenvalue weighted by atomic mass is 19.3. The molecule has 1 N–H and O–H groups in total. The average Bonchev–Trinajstić information content (AvgIpc) is 4.06. The van der Waals surface area contributed by atoms with E-state index < -0.39 is 30.2 Å². The number of aromatic nitrogens is 4. The summed E-state index contributed by atoms with van der Waals surface area (Å²) in [6.07, 6.45) is 8.61. The quantitative estimate of drug-likeness (QED) is 0.109. The number of ether oxygens (including phenoxy) is 1. The number of nitrogens with zero attached hydrogens (tertiary/aromatic N) is 9. The first-order chi connectivity index (χ1) is 33.6. The van der Waals surface area contributed by atoms with E-state index >= 15 is 8.78 Å². The van der Waals surface area contributed by atoms with Crippen LogP contribution in [-0.2, 0) is 38.5 Å². The number of rotatable bonds is 11. The predicted octanol–water partition coefficient (Wildman–Crippen LogP) is 6.81. The van der Waals surface area contributed by atoms with Gasteiger partial charge >= 0.3 is 0 Å². The molecule has 5 aromatic rings. The maximum absolute atomic E-state index is 15.3. The van der Waals surface area contributed by atoms with Crippen molar-refractivity contribution in [2.75, 3.05) is 81.3 Å². The number of carbonyl (C=O) groups excluding carboxylic acids is 5. The molecule has 2 saturated heterocycles. The van der Waals surface area contributed by atoms with Crippen LogP contribution in [0.2, 0.25) is 0 Å². The van der Waals surface area contributed by atoms with E-state index in [0.717, 1.165) is 90.5 Å². The molecule has 5 aliphatic heterocycles. The third-order valence-electron chi connectivity index (χ3n) is 13.8. The van der Waals surface area contributed by atoms with E-state index in [0.29, 0.717) is 63.4 Å². The summed E-state index contributed by atoms with van der Waals surface area (Å²) in [5.74, 6) is 0.0998. The Kier molecular flexibility index (Phi) is 15.2. The Labute approximate surface area is 401 Å². The summed E-state index contributed by atoms with van der Waals surface area (Å²) in [6, 6.07) is 9.91. The highest BCUT2D eigenvalue weighted by Crippen LogP contribution is 2.45. The Bertz CT molecular complexity index is 2710. The van der Waals surface area contributed by atoms with Gasteiger partial charge in [0.1, 0.15) is 24.4 Å². The summed E-state index contributed by atoms with van der Waals surface area (Å²) >= 11 is 0. The first-order valence-electron chi connectivity index (χ1n) is 24.2. The van der Waals surface area contributed by atoms with Crippen molar-refractivity contribution in [2.24, 2.45) is 0 Å². The van der Waals surface area contributed by atoms with Gasteiger partial charge in [-0.3, -0.25) is 28.9 Å². The number of hydrogen-bond acceptors (Lipinski definition) is 12. The van der Waals surface area contributed by atoms with Crippen LogP contribution in [-0.4, -0.2) is 132 Å². The number of hydrogen-bond donors (Lipinski definition) is 1. The zero-order chi connectivity index (χ0) is 48.9. The van der Waals surface area contributed by atoms with Crippen LogP contribution in [0.1, 0.15) is 108 Å². The van der Waals surface area contributed by atoms with Crippen molar-refractivity contribution in [2.45, 2.75) is 90.8 Å². The number of nitrogens with one attached hydrogen (secondary N) is 1. The molecular weight excluding hydrogens is 887 g/mol. The highest BCUT2D eigenvalue weighted by Gasteiger charge is 2.43. The van der Waals surface area contributed by atoms with Gasteiger partial charge in [0.2, 0.25) is 5.91 Å². The van der Waals surface area contributed by atoms with E-state index in [1.165, 1.54) is 25.2 Å². The minimum absolute atomic E-state index is 0.0182. The van der Waals surface area contributed by atoms with Crippen LogP contribution < -0.4 is 20.0 Å². The lowest BCUT2D eigenvalue weighted by Gasteiger charge is -2.37. The van der Waals surface area contributed by atoms with E-state index in [4.69, 9.17) is 14.6 Å². The fourth-order valence-corrected chi connectivity index (χ4v) is 10.5.